The molecule has 0 spiro atoms. The van der Waals surface area contributed by atoms with Gasteiger partial charge < -0.3 is 4.74 Å². The van der Waals surface area contributed by atoms with Gasteiger partial charge in [-0.1, -0.05) is 12.1 Å². The number of rotatable bonds is 4. The van der Waals surface area contributed by atoms with E-state index in [4.69, 9.17) is 4.74 Å². The number of aromatic amines is 1. The van der Waals surface area contributed by atoms with Crippen molar-refractivity contribution in [1.82, 2.24) is 9.55 Å². The molecule has 0 saturated heterocycles. The van der Waals surface area contributed by atoms with Crippen LogP contribution in [0.3, 0.4) is 0 Å². The molecular formula is C12H11N3O5. The van der Waals surface area contributed by atoms with E-state index in [2.05, 4.69) is 0 Å². The molecule has 0 fully saturated rings. The van der Waals surface area contributed by atoms with Gasteiger partial charge in [-0.3, -0.25) is 24.5 Å². The van der Waals surface area contributed by atoms with E-state index in [9.17, 15) is 19.7 Å². The molecule has 8 nitrogen and oxygen atoms in total. The van der Waals surface area contributed by atoms with Gasteiger partial charge in [0.05, 0.1) is 24.8 Å². The number of nitrogens with zero attached hydrogens (tertiary/aromatic N) is 2. The van der Waals surface area contributed by atoms with Gasteiger partial charge in [-0.25, -0.2) is 4.79 Å². The number of nitro groups is 1. The van der Waals surface area contributed by atoms with Crippen LogP contribution < -0.4 is 16.0 Å². The monoisotopic (exact) mass is 277 g/mol. The largest absolute Gasteiger partial charge is 0.497 e. The van der Waals surface area contributed by atoms with Crippen LogP contribution in [0.5, 0.6) is 5.75 Å². The second-order valence-corrected chi connectivity index (χ2v) is 4.01. The Bertz CT molecular complexity index is 745. The lowest BCUT2D eigenvalue weighted by Gasteiger charge is -2.06. The lowest BCUT2D eigenvalue weighted by molar-refractivity contribution is -0.386. The van der Waals surface area contributed by atoms with Crippen molar-refractivity contribution in [2.45, 2.75) is 6.54 Å². The minimum absolute atomic E-state index is 0.112. The molecule has 1 heterocycles. The zero-order valence-corrected chi connectivity index (χ0v) is 10.5. The van der Waals surface area contributed by atoms with Crippen molar-refractivity contribution in [2.75, 3.05) is 7.11 Å². The second-order valence-electron chi connectivity index (χ2n) is 4.01. The zero-order chi connectivity index (χ0) is 14.7. The minimum atomic E-state index is -1.01. The lowest BCUT2D eigenvalue weighted by atomic mass is 10.2. The molecule has 0 amide bonds. The molecule has 0 aliphatic rings. The van der Waals surface area contributed by atoms with E-state index < -0.39 is 21.9 Å². The van der Waals surface area contributed by atoms with E-state index in [0.717, 1.165) is 16.3 Å². The smallest absolute Gasteiger partial charge is 0.350 e. The third kappa shape index (κ3) is 2.74. The number of H-pyrrole nitrogens is 1. The maximum atomic E-state index is 11.6. The Morgan fingerprint density at radius 2 is 1.95 bits per heavy atom. The van der Waals surface area contributed by atoms with Gasteiger partial charge in [0.15, 0.2) is 0 Å². The number of hydrogen-bond acceptors (Lipinski definition) is 5. The molecule has 1 N–H and O–H groups in total. The summed E-state index contributed by atoms with van der Waals surface area (Å²) in [5, 5.41) is 10.7. The fourth-order valence-corrected chi connectivity index (χ4v) is 1.67. The highest BCUT2D eigenvalue weighted by atomic mass is 16.6. The van der Waals surface area contributed by atoms with E-state index in [1.54, 1.807) is 24.3 Å². The van der Waals surface area contributed by atoms with Gasteiger partial charge in [0.2, 0.25) is 0 Å². The molecule has 0 unspecified atom stereocenters. The van der Waals surface area contributed by atoms with Crippen molar-refractivity contribution in [1.29, 1.82) is 0 Å². The van der Waals surface area contributed by atoms with Crippen molar-refractivity contribution in [2.24, 2.45) is 0 Å². The summed E-state index contributed by atoms with van der Waals surface area (Å²) in [5.41, 5.74) is -1.63. The Labute approximate surface area is 112 Å². The predicted molar refractivity (Wildman–Crippen MR) is 70.1 cm³/mol. The van der Waals surface area contributed by atoms with Gasteiger partial charge in [-0.05, 0) is 17.7 Å². The first-order valence-electron chi connectivity index (χ1n) is 5.62. The van der Waals surface area contributed by atoms with Crippen LogP contribution in [0.4, 0.5) is 5.69 Å². The van der Waals surface area contributed by atoms with Crippen LogP contribution in [0.2, 0.25) is 0 Å². The fourth-order valence-electron chi connectivity index (χ4n) is 1.67. The second kappa shape index (κ2) is 5.39. The van der Waals surface area contributed by atoms with Gasteiger partial charge in [0.25, 0.3) is 0 Å². The molecule has 1 aromatic carbocycles. The van der Waals surface area contributed by atoms with Crippen molar-refractivity contribution in [3.05, 3.63) is 67.0 Å². The molecule has 0 aliphatic heterocycles. The lowest BCUT2D eigenvalue weighted by Crippen LogP contribution is -2.31. The Balaban J connectivity index is 2.37. The highest BCUT2D eigenvalue weighted by Gasteiger charge is 2.14. The average Bonchev–Trinajstić information content (AvgIpc) is 2.42. The summed E-state index contributed by atoms with van der Waals surface area (Å²) in [5.74, 6) is 0.661. The highest BCUT2D eigenvalue weighted by Crippen LogP contribution is 2.12. The molecule has 0 radical (unpaired) electrons. The fraction of sp³-hybridized carbons (Fsp3) is 0.167. The van der Waals surface area contributed by atoms with Gasteiger partial charge >= 0.3 is 16.9 Å². The van der Waals surface area contributed by atoms with Gasteiger partial charge in [0.1, 0.15) is 5.75 Å². The predicted octanol–water partition coefficient (Wildman–Crippen LogP) is 0.502. The summed E-state index contributed by atoms with van der Waals surface area (Å²) < 4.78 is 6.07. The van der Waals surface area contributed by atoms with E-state index in [0.29, 0.717) is 5.75 Å². The zero-order valence-electron chi connectivity index (χ0n) is 10.5. The third-order valence-corrected chi connectivity index (χ3v) is 2.70. The maximum absolute atomic E-state index is 11.6. The first-order chi connectivity index (χ1) is 9.51. The minimum Gasteiger partial charge on any atom is -0.497 e. The maximum Gasteiger partial charge on any atom is 0.350 e. The standard InChI is InChI=1S/C12H11N3O5/c1-20-9-4-2-8(3-5-9)6-14-7-10(15(18)19)11(16)13-12(14)17/h2-5,7H,6H2,1H3,(H,13,16,17). The molecule has 20 heavy (non-hydrogen) atoms. The van der Waals surface area contributed by atoms with Crippen molar-refractivity contribution < 1.29 is 9.66 Å². The first kappa shape index (κ1) is 13.5. The summed E-state index contributed by atoms with van der Waals surface area (Å²) in [6.45, 7) is 0.112. The summed E-state index contributed by atoms with van der Waals surface area (Å²) in [7, 11) is 1.53. The number of hydrogen-bond donors (Lipinski definition) is 1. The van der Waals surface area contributed by atoms with Gasteiger partial charge in [0, 0.05) is 0 Å². The Kier molecular flexibility index (Phi) is 3.65. The Morgan fingerprint density at radius 1 is 1.30 bits per heavy atom. The molecule has 104 valence electrons. The summed E-state index contributed by atoms with van der Waals surface area (Å²) >= 11 is 0. The number of benzene rings is 1. The van der Waals surface area contributed by atoms with Crippen molar-refractivity contribution in [3.63, 3.8) is 0 Å². The van der Waals surface area contributed by atoms with Gasteiger partial charge in [-0.15, -0.1) is 0 Å². The summed E-state index contributed by atoms with van der Waals surface area (Å²) in [6.07, 6.45) is 0.936. The highest BCUT2D eigenvalue weighted by molar-refractivity contribution is 5.28. The van der Waals surface area contributed by atoms with Gasteiger partial charge in [-0.2, -0.15) is 0 Å². The molecule has 0 atom stereocenters. The van der Waals surface area contributed by atoms with E-state index in [1.807, 2.05) is 4.98 Å². The SMILES string of the molecule is COc1ccc(Cn2cc([N+](=O)[O-])c(=O)[nH]c2=O)cc1. The van der Waals surface area contributed by atoms with Crippen LogP contribution in [0.1, 0.15) is 5.56 Å². The van der Waals surface area contributed by atoms with Crippen LogP contribution in [0.15, 0.2) is 40.1 Å². The van der Waals surface area contributed by atoms with E-state index >= 15 is 0 Å². The molecule has 0 saturated carbocycles. The quantitative estimate of drug-likeness (QED) is 0.646. The molecule has 1 aromatic heterocycles. The van der Waals surface area contributed by atoms with Crippen molar-refractivity contribution >= 4 is 5.69 Å². The van der Waals surface area contributed by atoms with Crippen LogP contribution in [-0.2, 0) is 6.54 Å². The molecule has 8 heteroatoms. The van der Waals surface area contributed by atoms with Crippen LogP contribution >= 0.6 is 0 Å². The molecule has 0 aliphatic carbocycles. The number of ether oxygens (including phenoxy) is 1. The third-order valence-electron chi connectivity index (χ3n) is 2.70. The molecule has 0 bridgehead atoms. The topological polar surface area (TPSA) is 107 Å². The molecule has 2 aromatic rings. The molecular weight excluding hydrogens is 266 g/mol. The Morgan fingerprint density at radius 3 is 2.50 bits per heavy atom. The summed E-state index contributed by atoms with van der Waals surface area (Å²) in [6, 6.07) is 6.87. The Hall–Kier alpha value is -2.90. The number of nitrogens with one attached hydrogen (secondary N) is 1. The average molecular weight is 277 g/mol. The summed E-state index contributed by atoms with van der Waals surface area (Å²) in [4.78, 5) is 34.6. The van der Waals surface area contributed by atoms with Crippen molar-refractivity contribution in [3.8, 4) is 5.75 Å². The van der Waals surface area contributed by atoms with E-state index in [-0.39, 0.29) is 6.54 Å². The van der Waals surface area contributed by atoms with Crippen LogP contribution in [0.25, 0.3) is 0 Å². The van der Waals surface area contributed by atoms with E-state index in [1.165, 1.54) is 7.11 Å². The first-order valence-corrected chi connectivity index (χ1v) is 5.62. The van der Waals surface area contributed by atoms with Crippen LogP contribution in [0, 0.1) is 10.1 Å². The molecule has 2 rings (SSSR count). The number of aromatic nitrogens is 2. The number of methoxy groups -OCH3 is 1. The normalized spacial score (nSPS) is 10.2. The van der Waals surface area contributed by atoms with Crippen LogP contribution in [-0.4, -0.2) is 21.6 Å².